The molecule has 2 aromatic rings. The van der Waals surface area contributed by atoms with Gasteiger partial charge >= 0.3 is 5.97 Å². The summed E-state index contributed by atoms with van der Waals surface area (Å²) in [7, 11) is 1.61. The van der Waals surface area contributed by atoms with Crippen molar-refractivity contribution in [2.24, 2.45) is 0 Å². The number of halogens is 1. The molecule has 2 rings (SSSR count). The SMILES string of the molecule is CCOC(=O)c1ccc(NC(=O)CCc2ccc(OC)cc2)cc1Cl. The fourth-order valence-electron chi connectivity index (χ4n) is 2.24. The minimum atomic E-state index is -0.482. The van der Waals surface area contributed by atoms with Crippen LogP contribution in [0.5, 0.6) is 5.75 Å². The fraction of sp³-hybridized carbons (Fsp3) is 0.263. The van der Waals surface area contributed by atoms with Crippen LogP contribution in [0.2, 0.25) is 5.02 Å². The highest BCUT2D eigenvalue weighted by Crippen LogP contribution is 2.22. The molecular formula is C19H20ClNO4. The van der Waals surface area contributed by atoms with Crippen molar-refractivity contribution in [2.45, 2.75) is 19.8 Å². The summed E-state index contributed by atoms with van der Waals surface area (Å²) < 4.78 is 10.0. The largest absolute Gasteiger partial charge is 0.497 e. The molecule has 0 saturated carbocycles. The number of carbonyl (C=O) groups excluding carboxylic acids is 2. The molecule has 6 heteroatoms. The van der Waals surface area contributed by atoms with Gasteiger partial charge in [0.25, 0.3) is 0 Å². The van der Waals surface area contributed by atoms with Gasteiger partial charge in [0.2, 0.25) is 5.91 Å². The first-order valence-electron chi connectivity index (χ1n) is 7.93. The molecule has 2 aromatic carbocycles. The second-order valence-corrected chi connectivity index (χ2v) is 5.72. The van der Waals surface area contributed by atoms with Gasteiger partial charge in [-0.1, -0.05) is 23.7 Å². The molecule has 0 fully saturated rings. The number of ether oxygens (including phenoxy) is 2. The summed E-state index contributed by atoms with van der Waals surface area (Å²) in [5, 5.41) is 3.02. The van der Waals surface area contributed by atoms with E-state index < -0.39 is 5.97 Å². The average Bonchev–Trinajstić information content (AvgIpc) is 2.60. The van der Waals surface area contributed by atoms with Gasteiger partial charge in [-0.2, -0.15) is 0 Å². The van der Waals surface area contributed by atoms with Crippen LogP contribution in [-0.4, -0.2) is 25.6 Å². The predicted molar refractivity (Wildman–Crippen MR) is 97.4 cm³/mol. The lowest BCUT2D eigenvalue weighted by Crippen LogP contribution is -2.13. The summed E-state index contributed by atoms with van der Waals surface area (Å²) in [6.07, 6.45) is 0.952. The van der Waals surface area contributed by atoms with Crippen molar-refractivity contribution in [1.82, 2.24) is 0 Å². The van der Waals surface area contributed by atoms with Crippen LogP contribution in [0.4, 0.5) is 5.69 Å². The van der Waals surface area contributed by atoms with Crippen molar-refractivity contribution in [2.75, 3.05) is 19.0 Å². The van der Waals surface area contributed by atoms with Crippen molar-refractivity contribution < 1.29 is 19.1 Å². The Morgan fingerprint density at radius 2 is 1.84 bits per heavy atom. The van der Waals surface area contributed by atoms with E-state index in [1.165, 1.54) is 0 Å². The van der Waals surface area contributed by atoms with Gasteiger partial charge in [0, 0.05) is 12.1 Å². The van der Waals surface area contributed by atoms with Crippen LogP contribution < -0.4 is 10.1 Å². The molecule has 0 aromatic heterocycles. The molecule has 1 amide bonds. The molecule has 0 atom stereocenters. The number of esters is 1. The highest BCUT2D eigenvalue weighted by atomic mass is 35.5. The molecule has 5 nitrogen and oxygen atoms in total. The van der Waals surface area contributed by atoms with Gasteiger partial charge in [0.1, 0.15) is 5.75 Å². The van der Waals surface area contributed by atoms with E-state index in [9.17, 15) is 9.59 Å². The Balaban J connectivity index is 1.91. The van der Waals surface area contributed by atoms with E-state index >= 15 is 0 Å². The molecule has 1 N–H and O–H groups in total. The van der Waals surface area contributed by atoms with Crippen molar-refractivity contribution in [3.63, 3.8) is 0 Å². The van der Waals surface area contributed by atoms with Crippen molar-refractivity contribution in [3.8, 4) is 5.75 Å². The molecule has 0 unspecified atom stereocenters. The highest BCUT2D eigenvalue weighted by molar-refractivity contribution is 6.34. The molecule has 25 heavy (non-hydrogen) atoms. The van der Waals surface area contributed by atoms with Gasteiger partial charge in [-0.15, -0.1) is 0 Å². The molecule has 0 aliphatic heterocycles. The second-order valence-electron chi connectivity index (χ2n) is 5.31. The summed E-state index contributed by atoms with van der Waals surface area (Å²) in [6.45, 7) is 2.00. The van der Waals surface area contributed by atoms with Gasteiger partial charge in [-0.3, -0.25) is 4.79 Å². The minimum absolute atomic E-state index is 0.129. The number of methoxy groups -OCH3 is 1. The summed E-state index contributed by atoms with van der Waals surface area (Å²) in [5.74, 6) is 0.171. The number of carbonyl (C=O) groups is 2. The van der Waals surface area contributed by atoms with Crippen LogP contribution in [0.25, 0.3) is 0 Å². The lowest BCUT2D eigenvalue weighted by molar-refractivity contribution is -0.116. The topological polar surface area (TPSA) is 64.6 Å². The molecular weight excluding hydrogens is 342 g/mol. The van der Waals surface area contributed by atoms with Gasteiger partial charge in [-0.25, -0.2) is 4.79 Å². The summed E-state index contributed by atoms with van der Waals surface area (Å²) in [4.78, 5) is 23.8. The Bertz CT molecular complexity index is 744. The van der Waals surface area contributed by atoms with E-state index in [0.717, 1.165) is 11.3 Å². The van der Waals surface area contributed by atoms with Gasteiger partial charge < -0.3 is 14.8 Å². The Kier molecular flexibility index (Phi) is 6.83. The lowest BCUT2D eigenvalue weighted by Gasteiger charge is -2.09. The third kappa shape index (κ3) is 5.50. The Morgan fingerprint density at radius 3 is 2.44 bits per heavy atom. The summed E-state index contributed by atoms with van der Waals surface area (Å²) in [6, 6.07) is 12.3. The third-order valence-corrected chi connectivity index (χ3v) is 3.86. The first-order chi connectivity index (χ1) is 12.0. The van der Waals surface area contributed by atoms with E-state index in [4.69, 9.17) is 21.1 Å². The normalized spacial score (nSPS) is 10.2. The number of aryl methyl sites for hydroxylation is 1. The number of hydrogen-bond donors (Lipinski definition) is 1. The van der Waals surface area contributed by atoms with Gasteiger partial charge in [-0.05, 0) is 49.2 Å². The van der Waals surface area contributed by atoms with Crippen LogP contribution >= 0.6 is 11.6 Å². The van der Waals surface area contributed by atoms with Crippen LogP contribution in [0.15, 0.2) is 42.5 Å². The maximum absolute atomic E-state index is 12.1. The molecule has 0 radical (unpaired) electrons. The molecule has 0 heterocycles. The third-order valence-electron chi connectivity index (χ3n) is 3.55. The van der Waals surface area contributed by atoms with E-state index in [1.54, 1.807) is 32.2 Å². The fourth-order valence-corrected chi connectivity index (χ4v) is 2.50. The zero-order valence-corrected chi connectivity index (χ0v) is 14.9. The number of nitrogens with one attached hydrogen (secondary N) is 1. The highest BCUT2D eigenvalue weighted by Gasteiger charge is 2.12. The summed E-state index contributed by atoms with van der Waals surface area (Å²) >= 11 is 6.08. The van der Waals surface area contributed by atoms with Crippen molar-refractivity contribution >= 4 is 29.2 Å². The van der Waals surface area contributed by atoms with Crippen molar-refractivity contribution in [3.05, 3.63) is 58.6 Å². The predicted octanol–water partition coefficient (Wildman–Crippen LogP) is 4.10. The van der Waals surface area contributed by atoms with E-state index in [2.05, 4.69) is 5.32 Å². The zero-order valence-electron chi connectivity index (χ0n) is 14.2. The summed E-state index contributed by atoms with van der Waals surface area (Å²) in [5.41, 5.74) is 1.86. The molecule has 0 aliphatic rings. The Hall–Kier alpha value is -2.53. The van der Waals surface area contributed by atoms with E-state index in [-0.39, 0.29) is 23.1 Å². The monoisotopic (exact) mass is 361 g/mol. The number of amides is 1. The van der Waals surface area contributed by atoms with E-state index in [0.29, 0.717) is 18.5 Å². The second kappa shape index (κ2) is 9.08. The first-order valence-corrected chi connectivity index (χ1v) is 8.30. The maximum atomic E-state index is 12.1. The quantitative estimate of drug-likeness (QED) is 0.754. The lowest BCUT2D eigenvalue weighted by atomic mass is 10.1. The number of rotatable bonds is 7. The standard InChI is InChI=1S/C19H20ClNO4/c1-3-25-19(23)16-10-7-14(12-17(16)20)21-18(22)11-6-13-4-8-15(24-2)9-5-13/h4-5,7-10,12H,3,6,11H2,1-2H3,(H,21,22). The Morgan fingerprint density at radius 1 is 1.12 bits per heavy atom. The first kappa shape index (κ1) is 18.8. The Labute approximate surface area is 151 Å². The smallest absolute Gasteiger partial charge is 0.339 e. The van der Waals surface area contributed by atoms with Crippen LogP contribution in [0, 0.1) is 0 Å². The molecule has 0 spiro atoms. The molecule has 0 aliphatic carbocycles. The van der Waals surface area contributed by atoms with Crippen LogP contribution in [0.1, 0.15) is 29.3 Å². The molecule has 132 valence electrons. The molecule has 0 saturated heterocycles. The molecule has 0 bridgehead atoms. The average molecular weight is 362 g/mol. The number of anilines is 1. The van der Waals surface area contributed by atoms with Crippen LogP contribution in [0.3, 0.4) is 0 Å². The number of hydrogen-bond acceptors (Lipinski definition) is 4. The van der Waals surface area contributed by atoms with Crippen LogP contribution in [-0.2, 0) is 16.0 Å². The minimum Gasteiger partial charge on any atom is -0.497 e. The zero-order chi connectivity index (χ0) is 18.2. The van der Waals surface area contributed by atoms with E-state index in [1.807, 2.05) is 24.3 Å². The van der Waals surface area contributed by atoms with Gasteiger partial charge in [0.15, 0.2) is 0 Å². The maximum Gasteiger partial charge on any atom is 0.339 e. The number of benzene rings is 2. The van der Waals surface area contributed by atoms with Crippen molar-refractivity contribution in [1.29, 1.82) is 0 Å². The van der Waals surface area contributed by atoms with Gasteiger partial charge in [0.05, 0.1) is 24.3 Å².